The highest BCUT2D eigenvalue weighted by molar-refractivity contribution is 5.94. The molecule has 3 aromatic rings. The van der Waals surface area contributed by atoms with Crippen molar-refractivity contribution in [2.75, 3.05) is 7.11 Å². The first-order valence-electron chi connectivity index (χ1n) is 9.94. The lowest BCUT2D eigenvalue weighted by molar-refractivity contribution is -0.121. The summed E-state index contributed by atoms with van der Waals surface area (Å²) in [5, 5.41) is 6.98. The molecule has 0 aliphatic rings. The Balaban J connectivity index is 1.66. The molecule has 31 heavy (non-hydrogen) atoms. The molecule has 1 atom stereocenters. The summed E-state index contributed by atoms with van der Waals surface area (Å²) in [4.78, 5) is 25.1. The van der Waals surface area contributed by atoms with E-state index in [1.165, 1.54) is 0 Å². The highest BCUT2D eigenvalue weighted by Gasteiger charge is 2.19. The average molecular weight is 415 g/mol. The first-order valence-corrected chi connectivity index (χ1v) is 9.94. The zero-order chi connectivity index (χ0) is 22.1. The number of aryl methyl sites for hydroxylation is 1. The highest BCUT2D eigenvalue weighted by Crippen LogP contribution is 2.19. The molecule has 6 heteroatoms. The number of methoxy groups -OCH3 is 1. The van der Waals surface area contributed by atoms with Crippen LogP contribution in [0.1, 0.15) is 39.5 Å². The van der Waals surface area contributed by atoms with Gasteiger partial charge in [0.05, 0.1) is 25.8 Å². The average Bonchev–Trinajstić information content (AvgIpc) is 2.80. The molecule has 158 valence electrons. The zero-order valence-electron chi connectivity index (χ0n) is 17.5. The van der Waals surface area contributed by atoms with Gasteiger partial charge in [-0.25, -0.2) is 5.43 Å². The molecule has 0 fully saturated rings. The second kappa shape index (κ2) is 10.7. The molecule has 2 N–H and O–H groups in total. The van der Waals surface area contributed by atoms with Crippen molar-refractivity contribution in [1.29, 1.82) is 0 Å². The Morgan fingerprint density at radius 3 is 2.35 bits per heavy atom. The number of rotatable bonds is 8. The summed E-state index contributed by atoms with van der Waals surface area (Å²) in [6.45, 7) is 1.95. The largest absolute Gasteiger partial charge is 0.496 e. The lowest BCUT2D eigenvalue weighted by Gasteiger charge is -2.18. The van der Waals surface area contributed by atoms with Crippen LogP contribution in [0, 0.1) is 6.92 Å². The minimum absolute atomic E-state index is 0.0527. The molecule has 0 unspecified atom stereocenters. The van der Waals surface area contributed by atoms with E-state index in [0.717, 1.165) is 22.4 Å². The van der Waals surface area contributed by atoms with Crippen LogP contribution < -0.4 is 15.5 Å². The van der Waals surface area contributed by atoms with Gasteiger partial charge in [-0.1, -0.05) is 60.7 Å². The topological polar surface area (TPSA) is 79.8 Å². The molecule has 0 heterocycles. The Labute approximate surface area is 182 Å². The Morgan fingerprint density at radius 1 is 1.00 bits per heavy atom. The molecule has 6 nitrogen and oxygen atoms in total. The quantitative estimate of drug-likeness (QED) is 0.431. The highest BCUT2D eigenvalue weighted by atomic mass is 16.5. The van der Waals surface area contributed by atoms with Crippen LogP contribution in [-0.2, 0) is 4.79 Å². The summed E-state index contributed by atoms with van der Waals surface area (Å²) in [6.07, 6.45) is 1.61. The molecule has 0 saturated heterocycles. The molecule has 3 rings (SSSR count). The lowest BCUT2D eigenvalue weighted by atomic mass is 10.0. The maximum atomic E-state index is 12.6. The van der Waals surface area contributed by atoms with E-state index >= 15 is 0 Å². The standard InChI is InChI=1S/C25H25N3O3/c1-18-13-14-19(15-23(18)31-2)17-26-28-24(29)16-22(20-9-5-3-6-10-20)27-25(30)21-11-7-4-8-12-21/h3-15,17,22H,16H2,1-2H3,(H,27,30)(H,28,29)/b26-17-/t22-/m0/s1. The number of nitrogens with zero attached hydrogens (tertiary/aromatic N) is 1. The van der Waals surface area contributed by atoms with E-state index < -0.39 is 6.04 Å². The predicted molar refractivity (Wildman–Crippen MR) is 121 cm³/mol. The van der Waals surface area contributed by atoms with Crippen molar-refractivity contribution in [1.82, 2.24) is 10.7 Å². The molecule has 0 radical (unpaired) electrons. The molecule has 0 spiro atoms. The summed E-state index contributed by atoms with van der Waals surface area (Å²) in [5.41, 5.74) is 5.74. The molecule has 3 aromatic carbocycles. The molecule has 0 saturated carbocycles. The minimum atomic E-state index is -0.483. The van der Waals surface area contributed by atoms with Crippen LogP contribution >= 0.6 is 0 Å². The van der Waals surface area contributed by atoms with Gasteiger partial charge in [-0.05, 0) is 41.8 Å². The molecule has 0 aromatic heterocycles. The van der Waals surface area contributed by atoms with E-state index in [-0.39, 0.29) is 18.2 Å². The molecular formula is C25H25N3O3. The van der Waals surface area contributed by atoms with Crippen LogP contribution in [0.4, 0.5) is 0 Å². The number of hydrogen-bond donors (Lipinski definition) is 2. The van der Waals surface area contributed by atoms with E-state index in [9.17, 15) is 9.59 Å². The van der Waals surface area contributed by atoms with Crippen LogP contribution in [0.15, 0.2) is 84.0 Å². The number of carbonyl (C=O) groups is 2. The molecule has 0 aliphatic heterocycles. The number of nitrogens with one attached hydrogen (secondary N) is 2. The summed E-state index contributed by atoms with van der Waals surface area (Å²) in [5.74, 6) is 0.207. The van der Waals surface area contributed by atoms with Gasteiger partial charge in [-0.2, -0.15) is 5.10 Å². The zero-order valence-corrected chi connectivity index (χ0v) is 17.5. The van der Waals surface area contributed by atoms with Gasteiger partial charge >= 0.3 is 0 Å². The van der Waals surface area contributed by atoms with Crippen LogP contribution in [0.3, 0.4) is 0 Å². The van der Waals surface area contributed by atoms with Crippen LogP contribution in [0.2, 0.25) is 0 Å². The lowest BCUT2D eigenvalue weighted by Crippen LogP contribution is -2.32. The Bertz CT molecular complexity index is 1050. The van der Waals surface area contributed by atoms with Gasteiger partial charge in [-0.3, -0.25) is 9.59 Å². The predicted octanol–water partition coefficient (Wildman–Crippen LogP) is 4.02. The van der Waals surface area contributed by atoms with E-state index in [0.29, 0.717) is 5.56 Å². The van der Waals surface area contributed by atoms with Crippen molar-refractivity contribution in [2.45, 2.75) is 19.4 Å². The van der Waals surface area contributed by atoms with Crippen molar-refractivity contribution < 1.29 is 14.3 Å². The Morgan fingerprint density at radius 2 is 1.68 bits per heavy atom. The van der Waals surface area contributed by atoms with Gasteiger partial charge in [0.25, 0.3) is 5.91 Å². The second-order valence-corrected chi connectivity index (χ2v) is 7.03. The smallest absolute Gasteiger partial charge is 0.251 e. The number of hydrogen-bond acceptors (Lipinski definition) is 4. The normalized spacial score (nSPS) is 11.7. The fraction of sp³-hybridized carbons (Fsp3) is 0.160. The fourth-order valence-corrected chi connectivity index (χ4v) is 3.10. The second-order valence-electron chi connectivity index (χ2n) is 7.03. The first kappa shape index (κ1) is 21.8. The number of ether oxygens (including phenoxy) is 1. The molecule has 0 bridgehead atoms. The van der Waals surface area contributed by atoms with E-state index in [2.05, 4.69) is 15.8 Å². The Hall–Kier alpha value is -3.93. The maximum absolute atomic E-state index is 12.6. The molecular weight excluding hydrogens is 390 g/mol. The third kappa shape index (κ3) is 6.27. The van der Waals surface area contributed by atoms with Crippen molar-refractivity contribution >= 4 is 18.0 Å². The number of hydrazone groups is 1. The summed E-state index contributed by atoms with van der Waals surface area (Å²) >= 11 is 0. The third-order valence-electron chi connectivity index (χ3n) is 4.77. The van der Waals surface area contributed by atoms with Crippen LogP contribution in [-0.4, -0.2) is 25.1 Å². The van der Waals surface area contributed by atoms with Crippen molar-refractivity contribution in [3.63, 3.8) is 0 Å². The van der Waals surface area contributed by atoms with Gasteiger partial charge in [-0.15, -0.1) is 0 Å². The Kier molecular flexibility index (Phi) is 7.54. The SMILES string of the molecule is COc1cc(/C=N\NC(=O)C[C@H](NC(=O)c2ccccc2)c2ccccc2)ccc1C. The number of benzene rings is 3. The van der Waals surface area contributed by atoms with Crippen molar-refractivity contribution in [2.24, 2.45) is 5.10 Å². The monoisotopic (exact) mass is 415 g/mol. The van der Waals surface area contributed by atoms with E-state index in [1.807, 2.05) is 61.5 Å². The van der Waals surface area contributed by atoms with Crippen LogP contribution in [0.25, 0.3) is 0 Å². The van der Waals surface area contributed by atoms with Crippen molar-refractivity contribution in [3.8, 4) is 5.75 Å². The molecule has 2 amide bonds. The third-order valence-corrected chi connectivity index (χ3v) is 4.77. The summed E-state index contributed by atoms with van der Waals surface area (Å²) < 4.78 is 5.30. The van der Waals surface area contributed by atoms with Gasteiger partial charge in [0, 0.05) is 5.56 Å². The number of amides is 2. The summed E-state index contributed by atoms with van der Waals surface area (Å²) in [7, 11) is 1.61. The fourth-order valence-electron chi connectivity index (χ4n) is 3.10. The minimum Gasteiger partial charge on any atom is -0.496 e. The maximum Gasteiger partial charge on any atom is 0.251 e. The van der Waals surface area contributed by atoms with Gasteiger partial charge in [0.1, 0.15) is 5.75 Å². The van der Waals surface area contributed by atoms with Crippen LogP contribution in [0.5, 0.6) is 5.75 Å². The van der Waals surface area contributed by atoms with Gasteiger partial charge in [0.15, 0.2) is 0 Å². The van der Waals surface area contributed by atoms with Gasteiger partial charge < -0.3 is 10.1 Å². The first-order chi connectivity index (χ1) is 15.1. The number of carbonyl (C=O) groups excluding carboxylic acids is 2. The van der Waals surface area contributed by atoms with Gasteiger partial charge in [0.2, 0.25) is 5.91 Å². The van der Waals surface area contributed by atoms with Crippen molar-refractivity contribution in [3.05, 3.63) is 101 Å². The van der Waals surface area contributed by atoms with E-state index in [4.69, 9.17) is 4.74 Å². The van der Waals surface area contributed by atoms with E-state index in [1.54, 1.807) is 37.6 Å². The molecule has 0 aliphatic carbocycles. The summed E-state index contributed by atoms with van der Waals surface area (Å²) in [6, 6.07) is 23.5.